The van der Waals surface area contributed by atoms with Gasteiger partial charge in [0, 0.05) is 39.5 Å². The predicted octanol–water partition coefficient (Wildman–Crippen LogP) is 15.5. The Labute approximate surface area is 363 Å². The summed E-state index contributed by atoms with van der Waals surface area (Å²) in [5.41, 5.74) is 12.3. The van der Waals surface area contributed by atoms with Gasteiger partial charge in [0.2, 0.25) is 0 Å². The van der Waals surface area contributed by atoms with Crippen LogP contribution in [0.25, 0.3) is 43.4 Å². The van der Waals surface area contributed by atoms with Crippen LogP contribution in [0.15, 0.2) is 182 Å². The standard InChI is InChI=1S/C57H54N2Si2/c1-57(2)55-48-35-28-44(58(40-17-11-9-12-18-40)42-24-30-46(31-25-42)60(3,4)5)37-39(48)23-34-52(55)54-50-22-16-15-21-49(50)53-38-45(29-36-51(53)56(54)57)59(41-19-13-10-14-20-41)43-26-32-47(33-27-43)61(6,7)8/h9-38H,1-8H3. The molecule has 1 aliphatic carbocycles. The lowest BCUT2D eigenvalue weighted by Crippen LogP contribution is -2.37. The van der Waals surface area contributed by atoms with Gasteiger partial charge in [-0.15, -0.1) is 0 Å². The summed E-state index contributed by atoms with van der Waals surface area (Å²) < 4.78 is 0. The third-order valence-electron chi connectivity index (χ3n) is 13.1. The minimum atomic E-state index is -1.45. The number of rotatable bonds is 8. The smallest absolute Gasteiger partial charge is 0.0775 e. The molecule has 1 aliphatic rings. The third kappa shape index (κ3) is 6.61. The number of hydrogen-bond acceptors (Lipinski definition) is 2. The quantitative estimate of drug-likeness (QED) is 0.111. The van der Waals surface area contributed by atoms with Crippen LogP contribution < -0.4 is 20.2 Å². The second kappa shape index (κ2) is 14.5. The van der Waals surface area contributed by atoms with Crippen molar-refractivity contribution in [1.29, 1.82) is 0 Å². The molecule has 2 nitrogen and oxygen atoms in total. The zero-order valence-electron chi connectivity index (χ0n) is 36.7. The molecular weight excluding hydrogens is 769 g/mol. The van der Waals surface area contributed by atoms with E-state index in [2.05, 4.69) is 245 Å². The first-order valence-electron chi connectivity index (χ1n) is 21.8. The Morgan fingerprint density at radius 3 is 1.31 bits per heavy atom. The van der Waals surface area contributed by atoms with Crippen LogP contribution in [-0.2, 0) is 5.41 Å². The molecular formula is C57H54N2Si2. The lowest BCUT2D eigenvalue weighted by molar-refractivity contribution is 0.672. The Balaban J connectivity index is 1.13. The van der Waals surface area contributed by atoms with Crippen molar-refractivity contribution in [2.24, 2.45) is 0 Å². The largest absolute Gasteiger partial charge is 0.310 e. The molecule has 61 heavy (non-hydrogen) atoms. The number of fused-ring (bicyclic) bond motifs is 10. The van der Waals surface area contributed by atoms with Gasteiger partial charge in [-0.1, -0.05) is 173 Å². The summed E-state index contributed by atoms with van der Waals surface area (Å²) in [4.78, 5) is 4.82. The second-order valence-electron chi connectivity index (χ2n) is 19.5. The van der Waals surface area contributed by atoms with E-state index in [-0.39, 0.29) is 5.41 Å². The molecule has 0 spiro atoms. The summed E-state index contributed by atoms with van der Waals surface area (Å²) in [5.74, 6) is 0. The maximum Gasteiger partial charge on any atom is 0.0775 e. The Morgan fingerprint density at radius 1 is 0.344 bits per heavy atom. The number of hydrogen-bond donors (Lipinski definition) is 0. The van der Waals surface area contributed by atoms with Gasteiger partial charge >= 0.3 is 0 Å². The maximum atomic E-state index is 2.44. The zero-order chi connectivity index (χ0) is 42.3. The molecule has 0 amide bonds. The fraction of sp³-hybridized carbons (Fsp3) is 0.158. The average Bonchev–Trinajstić information content (AvgIpc) is 3.51. The first kappa shape index (κ1) is 39.0. The minimum Gasteiger partial charge on any atom is -0.310 e. The van der Waals surface area contributed by atoms with E-state index in [1.807, 2.05) is 0 Å². The highest BCUT2D eigenvalue weighted by Crippen LogP contribution is 2.57. The van der Waals surface area contributed by atoms with Crippen LogP contribution in [0.2, 0.25) is 39.3 Å². The average molecular weight is 823 g/mol. The molecule has 0 radical (unpaired) electrons. The second-order valence-corrected chi connectivity index (χ2v) is 29.6. The molecule has 0 saturated carbocycles. The van der Waals surface area contributed by atoms with Gasteiger partial charge in [-0.2, -0.15) is 0 Å². The van der Waals surface area contributed by atoms with Crippen LogP contribution >= 0.6 is 0 Å². The van der Waals surface area contributed by atoms with Crippen molar-refractivity contribution in [3.05, 3.63) is 193 Å². The molecule has 0 unspecified atom stereocenters. The van der Waals surface area contributed by atoms with Crippen molar-refractivity contribution in [2.45, 2.75) is 58.5 Å². The summed E-state index contributed by atoms with van der Waals surface area (Å²) in [6.45, 7) is 19.4. The van der Waals surface area contributed by atoms with Gasteiger partial charge in [0.15, 0.2) is 0 Å². The Hall–Kier alpha value is -6.21. The van der Waals surface area contributed by atoms with Crippen molar-refractivity contribution in [3.8, 4) is 11.1 Å². The summed E-state index contributed by atoms with van der Waals surface area (Å²) in [5, 5.41) is 10.7. The van der Waals surface area contributed by atoms with E-state index >= 15 is 0 Å². The molecule has 0 aromatic heterocycles. The monoisotopic (exact) mass is 822 g/mol. The molecule has 9 aromatic rings. The van der Waals surface area contributed by atoms with E-state index in [4.69, 9.17) is 0 Å². The van der Waals surface area contributed by atoms with Crippen LogP contribution in [0.3, 0.4) is 0 Å². The van der Waals surface area contributed by atoms with E-state index in [9.17, 15) is 0 Å². The Morgan fingerprint density at radius 2 is 0.787 bits per heavy atom. The highest BCUT2D eigenvalue weighted by molar-refractivity contribution is 6.89. The van der Waals surface area contributed by atoms with Gasteiger partial charge in [-0.05, 0) is 127 Å². The first-order valence-corrected chi connectivity index (χ1v) is 28.8. The Kier molecular flexibility index (Phi) is 9.24. The molecule has 0 aliphatic heterocycles. The number of benzene rings is 9. The topological polar surface area (TPSA) is 6.48 Å². The summed E-state index contributed by atoms with van der Waals surface area (Å²) >= 11 is 0. The molecule has 0 N–H and O–H groups in total. The van der Waals surface area contributed by atoms with Crippen molar-refractivity contribution in [2.75, 3.05) is 9.80 Å². The molecule has 0 saturated heterocycles. The lowest BCUT2D eigenvalue weighted by atomic mass is 9.77. The van der Waals surface area contributed by atoms with Crippen LogP contribution in [0.1, 0.15) is 25.0 Å². The fourth-order valence-electron chi connectivity index (χ4n) is 9.98. The fourth-order valence-corrected chi connectivity index (χ4v) is 12.3. The highest BCUT2D eigenvalue weighted by atomic mass is 28.3. The van der Waals surface area contributed by atoms with E-state index in [0.29, 0.717) is 0 Å². The normalized spacial score (nSPS) is 13.4. The van der Waals surface area contributed by atoms with E-state index in [1.165, 1.54) is 76.3 Å². The number of nitrogens with zero attached hydrogens (tertiary/aromatic N) is 2. The summed E-state index contributed by atoms with van der Waals surface area (Å²) in [7, 11) is -2.88. The van der Waals surface area contributed by atoms with Gasteiger partial charge in [0.1, 0.15) is 0 Å². The number of anilines is 6. The van der Waals surface area contributed by atoms with Crippen molar-refractivity contribution in [3.63, 3.8) is 0 Å². The van der Waals surface area contributed by atoms with Gasteiger partial charge < -0.3 is 9.80 Å². The molecule has 0 atom stereocenters. The molecule has 0 bridgehead atoms. The molecule has 0 fully saturated rings. The SMILES string of the molecule is CC1(C)c2c(ccc3cc(N(c4ccccc4)c4ccc([Si](C)(C)C)cc4)ccc23)-c2c1c1ccc(N(c3ccccc3)c3ccc([Si](C)(C)C)cc3)cc1c1ccccc21. The summed E-state index contributed by atoms with van der Waals surface area (Å²) in [6, 6.07) is 68.3. The number of para-hydroxylation sites is 2. The molecule has 10 rings (SSSR count). The Bertz CT molecular complexity index is 3100. The van der Waals surface area contributed by atoms with Gasteiger partial charge in [0.25, 0.3) is 0 Å². The molecule has 9 aromatic carbocycles. The van der Waals surface area contributed by atoms with E-state index in [1.54, 1.807) is 0 Å². The van der Waals surface area contributed by atoms with Gasteiger partial charge in [-0.25, -0.2) is 0 Å². The van der Waals surface area contributed by atoms with Crippen molar-refractivity contribution in [1.82, 2.24) is 0 Å². The maximum absolute atomic E-state index is 2.44. The first-order chi connectivity index (χ1) is 29.3. The molecule has 0 heterocycles. The van der Waals surface area contributed by atoms with E-state index in [0.717, 1.165) is 22.7 Å². The molecule has 300 valence electrons. The van der Waals surface area contributed by atoms with E-state index < -0.39 is 16.1 Å². The lowest BCUT2D eigenvalue weighted by Gasteiger charge is -2.29. The predicted molar refractivity (Wildman–Crippen MR) is 272 cm³/mol. The minimum absolute atomic E-state index is 0.243. The van der Waals surface area contributed by atoms with Crippen LogP contribution in [0.5, 0.6) is 0 Å². The zero-order valence-corrected chi connectivity index (χ0v) is 38.7. The van der Waals surface area contributed by atoms with Gasteiger partial charge in [0.05, 0.1) is 16.1 Å². The highest BCUT2D eigenvalue weighted by Gasteiger charge is 2.40. The van der Waals surface area contributed by atoms with Crippen LogP contribution in [-0.4, -0.2) is 16.1 Å². The van der Waals surface area contributed by atoms with Crippen LogP contribution in [0.4, 0.5) is 34.1 Å². The van der Waals surface area contributed by atoms with Crippen molar-refractivity contribution >= 4 is 93.0 Å². The van der Waals surface area contributed by atoms with Crippen molar-refractivity contribution < 1.29 is 0 Å². The van der Waals surface area contributed by atoms with Crippen LogP contribution in [0, 0.1) is 0 Å². The molecule has 4 heteroatoms. The summed E-state index contributed by atoms with van der Waals surface area (Å²) in [6.07, 6.45) is 0. The van der Waals surface area contributed by atoms with Gasteiger partial charge in [-0.3, -0.25) is 0 Å². The third-order valence-corrected chi connectivity index (χ3v) is 17.2.